The molecule has 144 valence electrons. The molecule has 2 heterocycles. The largest absolute Gasteiger partial charge is 0.486 e. The molecule has 0 aliphatic carbocycles. The van der Waals surface area contributed by atoms with Crippen LogP contribution < -0.4 is 14.4 Å². The molecular weight excluding hydrogens is 388 g/mol. The number of sulfonamides is 1. The van der Waals surface area contributed by atoms with Gasteiger partial charge in [0.15, 0.2) is 11.5 Å². The summed E-state index contributed by atoms with van der Waals surface area (Å²) >= 11 is 6.22. The quantitative estimate of drug-likeness (QED) is 0.781. The maximum Gasteiger partial charge on any atom is 0.243 e. The van der Waals surface area contributed by atoms with Crippen molar-refractivity contribution in [3.63, 3.8) is 0 Å². The molecule has 6 nitrogen and oxygen atoms in total. The molecule has 2 aromatic carbocycles. The van der Waals surface area contributed by atoms with Gasteiger partial charge in [0.05, 0.1) is 4.90 Å². The van der Waals surface area contributed by atoms with Crippen LogP contribution in [0.1, 0.15) is 5.56 Å². The van der Waals surface area contributed by atoms with Crippen LogP contribution in [0.2, 0.25) is 5.02 Å². The summed E-state index contributed by atoms with van der Waals surface area (Å²) < 4.78 is 38.5. The Kier molecular flexibility index (Phi) is 4.92. The average molecular weight is 409 g/mol. The fourth-order valence-corrected chi connectivity index (χ4v) is 4.91. The molecule has 0 atom stereocenters. The van der Waals surface area contributed by atoms with Crippen molar-refractivity contribution in [2.45, 2.75) is 11.8 Å². The Hall–Kier alpha value is -1.96. The number of nitrogens with zero attached hydrogens (tertiary/aromatic N) is 2. The van der Waals surface area contributed by atoms with Gasteiger partial charge in [-0.3, -0.25) is 0 Å². The number of hydrogen-bond donors (Lipinski definition) is 0. The molecule has 0 saturated carbocycles. The normalized spacial score (nSPS) is 17.8. The minimum Gasteiger partial charge on any atom is -0.486 e. The smallest absolute Gasteiger partial charge is 0.243 e. The molecule has 27 heavy (non-hydrogen) atoms. The summed E-state index contributed by atoms with van der Waals surface area (Å²) in [6, 6.07) is 10.7. The molecule has 0 bridgehead atoms. The second kappa shape index (κ2) is 7.22. The second-order valence-electron chi connectivity index (χ2n) is 6.63. The zero-order valence-electron chi connectivity index (χ0n) is 15.0. The van der Waals surface area contributed by atoms with Crippen LogP contribution in [0.4, 0.5) is 5.69 Å². The zero-order valence-corrected chi connectivity index (χ0v) is 16.6. The third-order valence-corrected chi connectivity index (χ3v) is 7.21. The summed E-state index contributed by atoms with van der Waals surface area (Å²) in [7, 11) is -3.57. The molecule has 2 aromatic rings. The van der Waals surface area contributed by atoms with E-state index in [0.29, 0.717) is 50.9 Å². The van der Waals surface area contributed by atoms with Gasteiger partial charge in [-0.25, -0.2) is 8.42 Å². The van der Waals surface area contributed by atoms with Gasteiger partial charge in [0.1, 0.15) is 13.2 Å². The van der Waals surface area contributed by atoms with Crippen molar-refractivity contribution < 1.29 is 17.9 Å². The maximum absolute atomic E-state index is 13.0. The van der Waals surface area contributed by atoms with Crippen LogP contribution in [0, 0.1) is 6.92 Å². The molecule has 0 N–H and O–H groups in total. The van der Waals surface area contributed by atoms with Gasteiger partial charge in [-0.2, -0.15) is 4.31 Å². The van der Waals surface area contributed by atoms with Crippen molar-refractivity contribution in [2.75, 3.05) is 44.3 Å². The molecule has 2 aliphatic rings. The van der Waals surface area contributed by atoms with Crippen LogP contribution >= 0.6 is 11.6 Å². The first-order chi connectivity index (χ1) is 12.9. The lowest BCUT2D eigenvalue weighted by atomic mass is 10.2. The first kappa shape index (κ1) is 18.4. The minimum atomic E-state index is -3.57. The summed E-state index contributed by atoms with van der Waals surface area (Å²) in [4.78, 5) is 2.39. The Balaban J connectivity index is 1.49. The lowest BCUT2D eigenvalue weighted by Crippen LogP contribution is -2.48. The molecule has 4 rings (SSSR count). The lowest BCUT2D eigenvalue weighted by molar-refractivity contribution is 0.171. The number of rotatable bonds is 3. The second-order valence-corrected chi connectivity index (χ2v) is 8.98. The standard InChI is InChI=1S/C19H21ClN2O4S/c1-14-2-3-15(12-17(14)20)21-6-8-22(9-7-21)27(23,24)16-4-5-18-19(13-16)26-11-10-25-18/h2-5,12-13H,6-11H2,1H3. The Morgan fingerprint density at radius 3 is 2.33 bits per heavy atom. The van der Waals surface area contributed by atoms with Gasteiger partial charge in [0.25, 0.3) is 0 Å². The molecule has 8 heteroatoms. The fourth-order valence-electron chi connectivity index (χ4n) is 3.30. The number of hydrogen-bond acceptors (Lipinski definition) is 5. The number of fused-ring (bicyclic) bond motifs is 1. The van der Waals surface area contributed by atoms with E-state index in [1.54, 1.807) is 18.2 Å². The van der Waals surface area contributed by atoms with E-state index >= 15 is 0 Å². The van der Waals surface area contributed by atoms with Gasteiger partial charge in [0, 0.05) is 43.0 Å². The third-order valence-electron chi connectivity index (χ3n) is 4.91. The number of piperazine rings is 1. The summed E-state index contributed by atoms with van der Waals surface area (Å²) in [5.41, 5.74) is 2.04. The average Bonchev–Trinajstić information content (AvgIpc) is 2.70. The Morgan fingerprint density at radius 2 is 1.63 bits per heavy atom. The van der Waals surface area contributed by atoms with E-state index in [0.717, 1.165) is 16.3 Å². The molecule has 0 unspecified atom stereocenters. The molecule has 2 aliphatic heterocycles. The van der Waals surface area contributed by atoms with Gasteiger partial charge < -0.3 is 14.4 Å². The number of aryl methyl sites for hydroxylation is 1. The number of ether oxygens (including phenoxy) is 2. The molecule has 0 spiro atoms. The van der Waals surface area contributed by atoms with Crippen molar-refractivity contribution in [3.05, 3.63) is 47.0 Å². The van der Waals surface area contributed by atoms with Gasteiger partial charge in [-0.1, -0.05) is 17.7 Å². The number of benzene rings is 2. The van der Waals surface area contributed by atoms with Crippen molar-refractivity contribution in [2.24, 2.45) is 0 Å². The highest BCUT2D eigenvalue weighted by Crippen LogP contribution is 2.33. The van der Waals surface area contributed by atoms with E-state index in [4.69, 9.17) is 21.1 Å². The van der Waals surface area contributed by atoms with Crippen LogP contribution in [0.3, 0.4) is 0 Å². The lowest BCUT2D eigenvalue weighted by Gasteiger charge is -2.35. The van der Waals surface area contributed by atoms with Crippen molar-refractivity contribution in [3.8, 4) is 11.5 Å². The first-order valence-electron chi connectivity index (χ1n) is 8.86. The van der Waals surface area contributed by atoms with Crippen molar-refractivity contribution in [1.82, 2.24) is 4.31 Å². The van der Waals surface area contributed by atoms with Gasteiger partial charge in [-0.15, -0.1) is 0 Å². The summed E-state index contributed by atoms with van der Waals surface area (Å²) in [5.74, 6) is 1.07. The van der Waals surface area contributed by atoms with Gasteiger partial charge in [0.2, 0.25) is 10.0 Å². The van der Waals surface area contributed by atoms with Crippen molar-refractivity contribution in [1.29, 1.82) is 0 Å². The predicted molar refractivity (Wildman–Crippen MR) is 105 cm³/mol. The number of halogens is 1. The van der Waals surface area contributed by atoms with E-state index < -0.39 is 10.0 Å². The Bertz CT molecular complexity index is 956. The van der Waals surface area contributed by atoms with Crippen molar-refractivity contribution >= 4 is 27.3 Å². The molecule has 0 radical (unpaired) electrons. The molecule has 1 saturated heterocycles. The highest BCUT2D eigenvalue weighted by atomic mass is 35.5. The van der Waals surface area contributed by atoms with E-state index in [-0.39, 0.29) is 4.90 Å². The van der Waals surface area contributed by atoms with Crippen LogP contribution in [0.15, 0.2) is 41.3 Å². The molecular formula is C19H21ClN2O4S. The monoisotopic (exact) mass is 408 g/mol. The third kappa shape index (κ3) is 3.59. The molecule has 0 aromatic heterocycles. The zero-order chi connectivity index (χ0) is 19.0. The van der Waals surface area contributed by atoms with Crippen LogP contribution in [-0.4, -0.2) is 52.1 Å². The van der Waals surface area contributed by atoms with E-state index in [2.05, 4.69) is 4.90 Å². The summed E-state index contributed by atoms with van der Waals surface area (Å²) in [6.07, 6.45) is 0. The number of anilines is 1. The minimum absolute atomic E-state index is 0.235. The van der Waals surface area contributed by atoms with E-state index in [9.17, 15) is 8.42 Å². The first-order valence-corrected chi connectivity index (χ1v) is 10.7. The Labute approximate surface area is 164 Å². The molecule has 1 fully saturated rings. The maximum atomic E-state index is 13.0. The highest BCUT2D eigenvalue weighted by molar-refractivity contribution is 7.89. The van der Waals surface area contributed by atoms with Crippen LogP contribution in [-0.2, 0) is 10.0 Å². The highest BCUT2D eigenvalue weighted by Gasteiger charge is 2.30. The molecule has 0 amide bonds. The Morgan fingerprint density at radius 1 is 0.926 bits per heavy atom. The van der Waals surface area contributed by atoms with Crippen LogP contribution in [0.5, 0.6) is 11.5 Å². The SMILES string of the molecule is Cc1ccc(N2CCN(S(=O)(=O)c3ccc4c(c3)OCCO4)CC2)cc1Cl. The van der Waals surface area contributed by atoms with Gasteiger partial charge in [-0.05, 0) is 36.8 Å². The van der Waals surface area contributed by atoms with E-state index in [1.165, 1.54) is 4.31 Å². The predicted octanol–water partition coefficient (Wildman–Crippen LogP) is 2.93. The fraction of sp³-hybridized carbons (Fsp3) is 0.368. The summed E-state index contributed by atoms with van der Waals surface area (Å²) in [5, 5.41) is 0.721. The summed E-state index contributed by atoms with van der Waals surface area (Å²) in [6.45, 7) is 4.93. The topological polar surface area (TPSA) is 59.1 Å². The van der Waals surface area contributed by atoms with E-state index in [1.807, 2.05) is 25.1 Å². The van der Waals surface area contributed by atoms with Gasteiger partial charge >= 0.3 is 0 Å². The van der Waals surface area contributed by atoms with Crippen LogP contribution in [0.25, 0.3) is 0 Å².